The Kier molecular flexibility index (Phi) is 3.43. The Labute approximate surface area is 106 Å². The van der Waals surface area contributed by atoms with Crippen LogP contribution in [0, 0.1) is 0 Å². The van der Waals surface area contributed by atoms with E-state index in [2.05, 4.69) is 0 Å². The Bertz CT molecular complexity index is 582. The van der Waals surface area contributed by atoms with Gasteiger partial charge in [-0.2, -0.15) is 0 Å². The summed E-state index contributed by atoms with van der Waals surface area (Å²) in [6.07, 6.45) is 4.71. The second kappa shape index (κ2) is 4.86. The second-order valence-corrected chi connectivity index (χ2v) is 6.15. The lowest BCUT2D eigenvalue weighted by molar-refractivity contribution is 0.414. The van der Waals surface area contributed by atoms with E-state index in [1.807, 2.05) is 0 Å². The Hall–Kier alpha value is -1.75. The number of hydrogen-bond donors (Lipinski definition) is 1. The van der Waals surface area contributed by atoms with E-state index >= 15 is 0 Å². The highest BCUT2D eigenvalue weighted by molar-refractivity contribution is 7.92. The molecule has 1 unspecified atom stereocenters. The monoisotopic (exact) mass is 266 g/mol. The highest BCUT2D eigenvalue weighted by atomic mass is 32.2. The molecule has 0 fully saturated rings. The van der Waals surface area contributed by atoms with Gasteiger partial charge in [-0.1, -0.05) is 6.08 Å². The number of aliphatic hydroxyl groups is 1. The van der Waals surface area contributed by atoms with Gasteiger partial charge in [0.05, 0.1) is 17.3 Å². The molecule has 1 N–H and O–H groups in total. The third-order valence-electron chi connectivity index (χ3n) is 2.83. The molecule has 96 valence electrons. The van der Waals surface area contributed by atoms with Crippen LogP contribution in [-0.4, -0.2) is 25.9 Å². The van der Waals surface area contributed by atoms with Gasteiger partial charge in [-0.25, -0.2) is 8.42 Å². The number of aliphatic hydroxyl groups excluding tert-OH is 1. The van der Waals surface area contributed by atoms with E-state index in [1.165, 1.54) is 37.5 Å². The van der Waals surface area contributed by atoms with E-state index in [4.69, 9.17) is 4.74 Å². The number of rotatable bonds is 3. The van der Waals surface area contributed by atoms with Crippen molar-refractivity contribution in [2.45, 2.75) is 16.6 Å². The van der Waals surface area contributed by atoms with Gasteiger partial charge in [0.2, 0.25) is 0 Å². The van der Waals surface area contributed by atoms with E-state index in [9.17, 15) is 13.5 Å². The van der Waals surface area contributed by atoms with Crippen LogP contribution in [0.1, 0.15) is 6.42 Å². The van der Waals surface area contributed by atoms with Crippen molar-refractivity contribution in [2.75, 3.05) is 7.11 Å². The highest BCUT2D eigenvalue weighted by Crippen LogP contribution is 2.24. The topological polar surface area (TPSA) is 63.6 Å². The Morgan fingerprint density at radius 3 is 2.44 bits per heavy atom. The Morgan fingerprint density at radius 2 is 1.94 bits per heavy atom. The van der Waals surface area contributed by atoms with Crippen molar-refractivity contribution in [3.05, 3.63) is 48.3 Å². The van der Waals surface area contributed by atoms with Gasteiger partial charge in [0, 0.05) is 0 Å². The average Bonchev–Trinajstić information content (AvgIpc) is 2.39. The van der Waals surface area contributed by atoms with Crippen LogP contribution in [0.3, 0.4) is 0 Å². The van der Waals surface area contributed by atoms with Crippen molar-refractivity contribution >= 4 is 9.84 Å². The predicted octanol–water partition coefficient (Wildman–Crippen LogP) is 2.24. The Balaban J connectivity index is 2.28. The van der Waals surface area contributed by atoms with Crippen LogP contribution in [0.25, 0.3) is 0 Å². The summed E-state index contributed by atoms with van der Waals surface area (Å²) in [4.78, 5) is 0.257. The van der Waals surface area contributed by atoms with Gasteiger partial charge < -0.3 is 9.84 Å². The molecule has 1 atom stereocenters. The van der Waals surface area contributed by atoms with Crippen molar-refractivity contribution in [1.82, 2.24) is 0 Å². The van der Waals surface area contributed by atoms with E-state index in [-0.39, 0.29) is 17.1 Å². The average molecular weight is 266 g/mol. The van der Waals surface area contributed by atoms with E-state index in [0.717, 1.165) is 0 Å². The number of ether oxygens (including phenoxy) is 1. The molecule has 0 saturated carbocycles. The quantitative estimate of drug-likeness (QED) is 0.911. The lowest BCUT2D eigenvalue weighted by atomic mass is 10.2. The maximum atomic E-state index is 12.3. The largest absolute Gasteiger partial charge is 0.508 e. The van der Waals surface area contributed by atoms with E-state index in [0.29, 0.717) is 5.75 Å². The van der Waals surface area contributed by atoms with Gasteiger partial charge in [0.15, 0.2) is 9.84 Å². The first-order chi connectivity index (χ1) is 8.54. The van der Waals surface area contributed by atoms with Gasteiger partial charge in [-0.3, -0.25) is 0 Å². The molecular formula is C13H14O4S. The number of hydrogen-bond acceptors (Lipinski definition) is 4. The number of benzene rings is 1. The van der Waals surface area contributed by atoms with Crippen molar-refractivity contribution in [1.29, 1.82) is 0 Å². The van der Waals surface area contributed by atoms with Gasteiger partial charge in [-0.15, -0.1) is 0 Å². The first-order valence-electron chi connectivity index (χ1n) is 5.49. The number of sulfone groups is 1. The summed E-state index contributed by atoms with van der Waals surface area (Å²) in [5.41, 5.74) is 0. The van der Waals surface area contributed by atoms with Crippen LogP contribution in [0.5, 0.6) is 5.75 Å². The van der Waals surface area contributed by atoms with Gasteiger partial charge in [-0.05, 0) is 42.8 Å². The molecule has 0 bridgehead atoms. The van der Waals surface area contributed by atoms with Crippen LogP contribution >= 0.6 is 0 Å². The fourth-order valence-electron chi connectivity index (χ4n) is 1.76. The summed E-state index contributed by atoms with van der Waals surface area (Å²) in [6, 6.07) is 6.29. The Morgan fingerprint density at radius 1 is 1.28 bits per heavy atom. The number of allylic oxidation sites excluding steroid dienone is 2. The molecule has 1 aromatic rings. The zero-order chi connectivity index (χ0) is 13.2. The molecule has 0 heterocycles. The zero-order valence-electron chi connectivity index (χ0n) is 9.91. The van der Waals surface area contributed by atoms with E-state index in [1.54, 1.807) is 12.1 Å². The van der Waals surface area contributed by atoms with Crippen LogP contribution in [0.2, 0.25) is 0 Å². The number of methoxy groups -OCH3 is 1. The van der Waals surface area contributed by atoms with Crippen LogP contribution in [-0.2, 0) is 9.84 Å². The summed E-state index contributed by atoms with van der Waals surface area (Å²) in [5, 5.41) is 8.57. The lowest BCUT2D eigenvalue weighted by Gasteiger charge is -2.15. The second-order valence-electron chi connectivity index (χ2n) is 3.98. The third kappa shape index (κ3) is 2.41. The van der Waals surface area contributed by atoms with Gasteiger partial charge in [0.25, 0.3) is 0 Å². The summed E-state index contributed by atoms with van der Waals surface area (Å²) in [5.74, 6) is 0.724. The molecule has 0 amide bonds. The van der Waals surface area contributed by atoms with Gasteiger partial charge >= 0.3 is 0 Å². The molecule has 18 heavy (non-hydrogen) atoms. The van der Waals surface area contributed by atoms with Crippen molar-refractivity contribution in [2.24, 2.45) is 0 Å². The first-order valence-corrected chi connectivity index (χ1v) is 7.04. The maximum absolute atomic E-state index is 12.3. The SMILES string of the molecule is COc1ccc(S(=O)(=O)C2C=CC(O)=CC2)cc1. The molecule has 5 heteroatoms. The van der Waals surface area contributed by atoms with Crippen molar-refractivity contribution in [3.8, 4) is 5.75 Å². The smallest absolute Gasteiger partial charge is 0.185 e. The normalized spacial score (nSPS) is 19.4. The molecule has 0 spiro atoms. The van der Waals surface area contributed by atoms with Crippen molar-refractivity contribution in [3.63, 3.8) is 0 Å². The molecular weight excluding hydrogens is 252 g/mol. The summed E-state index contributed by atoms with van der Waals surface area (Å²) < 4.78 is 29.6. The summed E-state index contributed by atoms with van der Waals surface area (Å²) >= 11 is 0. The highest BCUT2D eigenvalue weighted by Gasteiger charge is 2.26. The third-order valence-corrected chi connectivity index (χ3v) is 4.90. The predicted molar refractivity (Wildman–Crippen MR) is 68.4 cm³/mol. The maximum Gasteiger partial charge on any atom is 0.185 e. The molecule has 1 aromatic carbocycles. The van der Waals surface area contributed by atoms with Crippen LogP contribution in [0.15, 0.2) is 53.1 Å². The van der Waals surface area contributed by atoms with Gasteiger partial charge in [0.1, 0.15) is 11.5 Å². The summed E-state index contributed by atoms with van der Waals surface area (Å²) in [7, 11) is -1.88. The fourth-order valence-corrected chi connectivity index (χ4v) is 3.26. The molecule has 0 radical (unpaired) electrons. The standard InChI is InChI=1S/C13H14O4S/c1-17-11-4-8-13(9-5-11)18(15,16)12-6-2-10(14)3-7-12/h2-6,8-9,12,14H,7H2,1H3. The first kappa shape index (κ1) is 12.7. The molecule has 4 nitrogen and oxygen atoms in total. The summed E-state index contributed by atoms with van der Waals surface area (Å²) in [6.45, 7) is 0. The van der Waals surface area contributed by atoms with Crippen LogP contribution < -0.4 is 4.74 Å². The molecule has 1 aliphatic carbocycles. The molecule has 1 aliphatic rings. The lowest BCUT2D eigenvalue weighted by Crippen LogP contribution is -2.20. The zero-order valence-corrected chi connectivity index (χ0v) is 10.7. The minimum Gasteiger partial charge on any atom is -0.508 e. The van der Waals surface area contributed by atoms with Crippen LogP contribution in [0.4, 0.5) is 0 Å². The molecule has 2 rings (SSSR count). The molecule has 0 saturated heterocycles. The van der Waals surface area contributed by atoms with Crippen molar-refractivity contribution < 1.29 is 18.3 Å². The minimum absolute atomic E-state index is 0.108. The molecule has 0 aliphatic heterocycles. The van der Waals surface area contributed by atoms with E-state index < -0.39 is 15.1 Å². The molecule has 0 aromatic heterocycles. The minimum atomic E-state index is -3.41. The fraction of sp³-hybridized carbons (Fsp3) is 0.231.